The molecule has 0 aromatic heterocycles. The Balaban J connectivity index is 2.70. The normalized spacial score (nSPS) is 13.9. The summed E-state index contributed by atoms with van der Waals surface area (Å²) in [6, 6.07) is 8.68. The van der Waals surface area contributed by atoms with Crippen molar-refractivity contribution in [3.8, 4) is 0 Å². The van der Waals surface area contributed by atoms with Crippen LogP contribution in [0.2, 0.25) is 0 Å². The highest BCUT2D eigenvalue weighted by atomic mass is 14.5. The van der Waals surface area contributed by atoms with E-state index >= 15 is 0 Å². The summed E-state index contributed by atoms with van der Waals surface area (Å²) in [5.74, 6) is 0.622. The third-order valence-corrected chi connectivity index (χ3v) is 2.70. The van der Waals surface area contributed by atoms with Crippen molar-refractivity contribution >= 4 is 0 Å². The van der Waals surface area contributed by atoms with E-state index in [1.807, 2.05) is 0 Å². The first-order chi connectivity index (χ1) is 6.92. The lowest BCUT2D eigenvalue weighted by Gasteiger charge is -2.23. The molecule has 1 aromatic carbocycles. The van der Waals surface area contributed by atoms with Crippen molar-refractivity contribution in [3.05, 3.63) is 35.4 Å². The summed E-state index contributed by atoms with van der Waals surface area (Å²) in [6.07, 6.45) is 1.22. The summed E-state index contributed by atoms with van der Waals surface area (Å²) in [4.78, 5) is 0. The van der Waals surface area contributed by atoms with E-state index in [1.165, 1.54) is 17.5 Å². The molecule has 0 radical (unpaired) electrons. The SMILES string of the molecule is C[C@H](CC(C)(C)C)c1ccc(CN)cc1. The Hall–Kier alpha value is -0.820. The number of hydrogen-bond acceptors (Lipinski definition) is 1. The average Bonchev–Trinajstić information content (AvgIpc) is 2.15. The first-order valence-corrected chi connectivity index (χ1v) is 5.71. The van der Waals surface area contributed by atoms with Gasteiger partial charge in [-0.2, -0.15) is 0 Å². The lowest BCUT2D eigenvalue weighted by molar-refractivity contribution is 0.349. The molecule has 1 heteroatoms. The van der Waals surface area contributed by atoms with E-state index in [9.17, 15) is 0 Å². The van der Waals surface area contributed by atoms with Crippen molar-refractivity contribution in [2.75, 3.05) is 0 Å². The molecule has 84 valence electrons. The van der Waals surface area contributed by atoms with Gasteiger partial charge in [0.15, 0.2) is 0 Å². The van der Waals surface area contributed by atoms with Crippen LogP contribution in [0.5, 0.6) is 0 Å². The Morgan fingerprint density at radius 3 is 2.07 bits per heavy atom. The maximum Gasteiger partial charge on any atom is 0.0178 e. The van der Waals surface area contributed by atoms with Crippen molar-refractivity contribution in [2.24, 2.45) is 11.1 Å². The van der Waals surface area contributed by atoms with Gasteiger partial charge in [-0.25, -0.2) is 0 Å². The molecule has 0 heterocycles. The molecular weight excluding hydrogens is 182 g/mol. The van der Waals surface area contributed by atoms with E-state index in [0.29, 0.717) is 17.9 Å². The van der Waals surface area contributed by atoms with Gasteiger partial charge in [0.2, 0.25) is 0 Å². The molecule has 1 nitrogen and oxygen atoms in total. The smallest absolute Gasteiger partial charge is 0.0178 e. The lowest BCUT2D eigenvalue weighted by Crippen LogP contribution is -2.10. The van der Waals surface area contributed by atoms with Gasteiger partial charge in [-0.3, -0.25) is 0 Å². The summed E-state index contributed by atoms with van der Waals surface area (Å²) in [6.45, 7) is 9.80. The number of rotatable bonds is 3. The third kappa shape index (κ3) is 4.05. The summed E-state index contributed by atoms with van der Waals surface area (Å²) in [7, 11) is 0. The second-order valence-corrected chi connectivity index (χ2v) is 5.61. The Morgan fingerprint density at radius 2 is 1.67 bits per heavy atom. The van der Waals surface area contributed by atoms with Gasteiger partial charge in [-0.05, 0) is 28.9 Å². The molecule has 1 rings (SSSR count). The van der Waals surface area contributed by atoms with Crippen LogP contribution in [0.1, 0.15) is 51.2 Å². The molecule has 0 aliphatic carbocycles. The fourth-order valence-corrected chi connectivity index (χ4v) is 2.02. The van der Waals surface area contributed by atoms with Crippen LogP contribution in [0.4, 0.5) is 0 Å². The molecule has 15 heavy (non-hydrogen) atoms. The van der Waals surface area contributed by atoms with Gasteiger partial charge in [-0.15, -0.1) is 0 Å². The lowest BCUT2D eigenvalue weighted by atomic mass is 9.82. The van der Waals surface area contributed by atoms with Crippen LogP contribution < -0.4 is 5.73 Å². The van der Waals surface area contributed by atoms with E-state index in [2.05, 4.69) is 52.0 Å². The first kappa shape index (κ1) is 12.3. The largest absolute Gasteiger partial charge is 0.326 e. The monoisotopic (exact) mass is 205 g/mol. The molecule has 0 saturated carbocycles. The summed E-state index contributed by atoms with van der Waals surface area (Å²) in [5, 5.41) is 0. The fourth-order valence-electron chi connectivity index (χ4n) is 2.02. The van der Waals surface area contributed by atoms with Crippen LogP contribution in [0.15, 0.2) is 24.3 Å². The second-order valence-electron chi connectivity index (χ2n) is 5.61. The van der Waals surface area contributed by atoms with Crippen molar-refractivity contribution in [2.45, 2.75) is 46.6 Å². The minimum Gasteiger partial charge on any atom is -0.326 e. The van der Waals surface area contributed by atoms with Gasteiger partial charge in [0.05, 0.1) is 0 Å². The summed E-state index contributed by atoms with van der Waals surface area (Å²) in [5.41, 5.74) is 8.60. The fraction of sp³-hybridized carbons (Fsp3) is 0.571. The van der Waals surface area contributed by atoms with Crippen LogP contribution in [0.25, 0.3) is 0 Å². The van der Waals surface area contributed by atoms with E-state index < -0.39 is 0 Å². The second kappa shape index (κ2) is 4.80. The Kier molecular flexibility index (Phi) is 3.92. The molecule has 0 amide bonds. The van der Waals surface area contributed by atoms with Crippen LogP contribution >= 0.6 is 0 Å². The minimum absolute atomic E-state index is 0.395. The molecule has 0 spiro atoms. The standard InChI is InChI=1S/C14H23N/c1-11(9-14(2,3)4)13-7-5-12(10-15)6-8-13/h5-8,11H,9-10,15H2,1-4H3/t11-/m1/s1. The highest BCUT2D eigenvalue weighted by Crippen LogP contribution is 2.30. The zero-order valence-corrected chi connectivity index (χ0v) is 10.4. The molecule has 0 saturated heterocycles. The Labute approximate surface area is 93.7 Å². The number of nitrogens with two attached hydrogens (primary N) is 1. The van der Waals surface area contributed by atoms with Gasteiger partial charge in [0.1, 0.15) is 0 Å². The van der Waals surface area contributed by atoms with Gasteiger partial charge < -0.3 is 5.73 Å². The predicted molar refractivity (Wildman–Crippen MR) is 66.8 cm³/mol. The zero-order valence-electron chi connectivity index (χ0n) is 10.4. The molecule has 0 fully saturated rings. The van der Waals surface area contributed by atoms with Gasteiger partial charge in [-0.1, -0.05) is 52.0 Å². The molecule has 2 N–H and O–H groups in total. The zero-order chi connectivity index (χ0) is 11.5. The first-order valence-electron chi connectivity index (χ1n) is 5.71. The van der Waals surface area contributed by atoms with Crippen molar-refractivity contribution in [3.63, 3.8) is 0 Å². The predicted octanol–water partition coefficient (Wildman–Crippen LogP) is 3.69. The number of benzene rings is 1. The van der Waals surface area contributed by atoms with E-state index in [1.54, 1.807) is 0 Å². The molecule has 1 aromatic rings. The molecule has 0 aliphatic heterocycles. The quantitative estimate of drug-likeness (QED) is 0.800. The highest BCUT2D eigenvalue weighted by molar-refractivity contribution is 5.25. The molecule has 0 unspecified atom stereocenters. The summed E-state index contributed by atoms with van der Waals surface area (Å²) >= 11 is 0. The molecule has 0 bridgehead atoms. The van der Waals surface area contributed by atoms with Crippen LogP contribution in [-0.4, -0.2) is 0 Å². The highest BCUT2D eigenvalue weighted by Gasteiger charge is 2.16. The van der Waals surface area contributed by atoms with Crippen molar-refractivity contribution in [1.82, 2.24) is 0 Å². The van der Waals surface area contributed by atoms with E-state index in [4.69, 9.17) is 5.73 Å². The Bertz CT molecular complexity index is 292. The van der Waals surface area contributed by atoms with Gasteiger partial charge >= 0.3 is 0 Å². The van der Waals surface area contributed by atoms with Crippen LogP contribution in [0.3, 0.4) is 0 Å². The van der Waals surface area contributed by atoms with Crippen LogP contribution in [0, 0.1) is 5.41 Å². The van der Waals surface area contributed by atoms with E-state index in [-0.39, 0.29) is 0 Å². The molecular formula is C14H23N. The van der Waals surface area contributed by atoms with Crippen molar-refractivity contribution < 1.29 is 0 Å². The van der Waals surface area contributed by atoms with Crippen LogP contribution in [-0.2, 0) is 6.54 Å². The maximum absolute atomic E-state index is 5.58. The Morgan fingerprint density at radius 1 is 1.13 bits per heavy atom. The number of hydrogen-bond donors (Lipinski definition) is 1. The molecule has 0 aliphatic rings. The van der Waals surface area contributed by atoms with Gasteiger partial charge in [0.25, 0.3) is 0 Å². The maximum atomic E-state index is 5.58. The average molecular weight is 205 g/mol. The van der Waals surface area contributed by atoms with E-state index in [0.717, 1.165) is 0 Å². The minimum atomic E-state index is 0.395. The topological polar surface area (TPSA) is 26.0 Å². The molecule has 1 atom stereocenters. The summed E-state index contributed by atoms with van der Waals surface area (Å²) < 4.78 is 0. The third-order valence-electron chi connectivity index (χ3n) is 2.70. The van der Waals surface area contributed by atoms with Gasteiger partial charge in [0, 0.05) is 6.54 Å². The van der Waals surface area contributed by atoms with Crippen molar-refractivity contribution in [1.29, 1.82) is 0 Å².